The second-order valence-electron chi connectivity index (χ2n) is 5.10. The summed E-state index contributed by atoms with van der Waals surface area (Å²) in [5, 5.41) is 6.65. The number of rotatable bonds is 5. The molecule has 1 saturated heterocycles. The number of nitrogens with two attached hydrogens (primary N) is 1. The fourth-order valence-corrected chi connectivity index (χ4v) is 3.16. The number of nitrogens with zero attached hydrogens (tertiary/aromatic N) is 2. The van der Waals surface area contributed by atoms with Crippen molar-refractivity contribution in [1.82, 2.24) is 15.2 Å². The van der Waals surface area contributed by atoms with E-state index in [0.717, 1.165) is 19.4 Å². The Morgan fingerprint density at radius 1 is 1.52 bits per heavy atom. The zero-order chi connectivity index (χ0) is 15.4. The van der Waals surface area contributed by atoms with Gasteiger partial charge in [-0.25, -0.2) is 4.98 Å². The van der Waals surface area contributed by atoms with Crippen LogP contribution < -0.4 is 16.4 Å². The number of anilines is 2. The summed E-state index contributed by atoms with van der Waals surface area (Å²) >= 11 is 1.28. The molecule has 1 aliphatic rings. The van der Waals surface area contributed by atoms with Crippen LogP contribution in [0.5, 0.6) is 0 Å². The van der Waals surface area contributed by atoms with Crippen molar-refractivity contribution in [2.75, 3.05) is 30.7 Å². The number of thiazole rings is 1. The first-order valence-corrected chi connectivity index (χ1v) is 7.89. The van der Waals surface area contributed by atoms with Crippen LogP contribution in [0.2, 0.25) is 0 Å². The molecule has 7 nitrogen and oxygen atoms in total. The van der Waals surface area contributed by atoms with Crippen LogP contribution >= 0.6 is 11.3 Å². The molecular formula is C13H21N5O2S. The zero-order valence-electron chi connectivity index (χ0n) is 12.3. The number of aromatic nitrogens is 1. The van der Waals surface area contributed by atoms with Gasteiger partial charge in [-0.05, 0) is 12.8 Å². The molecule has 2 rings (SSSR count). The third-order valence-corrected chi connectivity index (χ3v) is 4.27. The summed E-state index contributed by atoms with van der Waals surface area (Å²) in [6.45, 7) is 5.49. The van der Waals surface area contributed by atoms with E-state index in [1.807, 2.05) is 0 Å². The van der Waals surface area contributed by atoms with Crippen LogP contribution in [-0.4, -0.2) is 47.4 Å². The molecule has 1 aromatic heterocycles. The minimum atomic E-state index is -0.109. The maximum Gasteiger partial charge on any atom is 0.267 e. The lowest BCUT2D eigenvalue weighted by atomic mass is 10.2. The molecule has 1 aliphatic heterocycles. The standard InChI is InChI=1S/C13H21N5O2S/c1-3-5-15-13-17-11(14)10(21-13)12(20)18-6-4-9(7-18)16-8(2)19/h9H,3-7,14H2,1-2H3,(H,15,17)(H,16,19). The second-order valence-corrected chi connectivity index (χ2v) is 6.10. The number of nitrogen functional groups attached to an aromatic ring is 1. The van der Waals surface area contributed by atoms with Crippen molar-refractivity contribution in [3.63, 3.8) is 0 Å². The molecule has 0 radical (unpaired) electrons. The Morgan fingerprint density at radius 2 is 2.29 bits per heavy atom. The molecule has 1 atom stereocenters. The Kier molecular flexibility index (Phi) is 5.00. The first-order chi connectivity index (χ1) is 10.0. The third-order valence-electron chi connectivity index (χ3n) is 3.26. The minimum Gasteiger partial charge on any atom is -0.382 e. The van der Waals surface area contributed by atoms with E-state index in [-0.39, 0.29) is 23.7 Å². The summed E-state index contributed by atoms with van der Waals surface area (Å²) in [6.07, 6.45) is 1.75. The summed E-state index contributed by atoms with van der Waals surface area (Å²) in [6, 6.07) is 0.0262. The summed E-state index contributed by atoms with van der Waals surface area (Å²) in [7, 11) is 0. The predicted octanol–water partition coefficient (Wildman–Crippen LogP) is 0.898. The summed E-state index contributed by atoms with van der Waals surface area (Å²) in [4.78, 5) is 29.9. The SMILES string of the molecule is CCCNc1nc(N)c(C(=O)N2CCC(NC(C)=O)C2)s1. The van der Waals surface area contributed by atoms with Crippen LogP contribution in [0.4, 0.5) is 10.9 Å². The van der Waals surface area contributed by atoms with E-state index in [9.17, 15) is 9.59 Å². The fraction of sp³-hybridized carbons (Fsp3) is 0.615. The highest BCUT2D eigenvalue weighted by Crippen LogP contribution is 2.27. The van der Waals surface area contributed by atoms with E-state index in [0.29, 0.717) is 23.1 Å². The molecular weight excluding hydrogens is 290 g/mol. The van der Waals surface area contributed by atoms with Crippen molar-refractivity contribution in [2.24, 2.45) is 0 Å². The van der Waals surface area contributed by atoms with Crippen molar-refractivity contribution in [1.29, 1.82) is 0 Å². The van der Waals surface area contributed by atoms with Crippen molar-refractivity contribution in [2.45, 2.75) is 32.7 Å². The largest absolute Gasteiger partial charge is 0.382 e. The van der Waals surface area contributed by atoms with Gasteiger partial charge in [0.15, 0.2) is 5.13 Å². The van der Waals surface area contributed by atoms with Crippen molar-refractivity contribution in [3.8, 4) is 0 Å². The van der Waals surface area contributed by atoms with Crippen LogP contribution in [0.3, 0.4) is 0 Å². The Bertz CT molecular complexity index is 531. The first-order valence-electron chi connectivity index (χ1n) is 7.07. The lowest BCUT2D eigenvalue weighted by Gasteiger charge is -2.15. The molecule has 116 valence electrons. The van der Waals surface area contributed by atoms with Crippen LogP contribution in [0.25, 0.3) is 0 Å². The van der Waals surface area contributed by atoms with E-state index in [2.05, 4.69) is 22.5 Å². The van der Waals surface area contributed by atoms with Gasteiger partial charge in [-0.2, -0.15) is 0 Å². The van der Waals surface area contributed by atoms with Crippen LogP contribution in [0, 0.1) is 0 Å². The average molecular weight is 311 g/mol. The molecule has 0 spiro atoms. The molecule has 4 N–H and O–H groups in total. The Balaban J connectivity index is 2.00. The van der Waals surface area contributed by atoms with E-state index in [1.165, 1.54) is 18.3 Å². The van der Waals surface area contributed by atoms with Crippen molar-refractivity contribution in [3.05, 3.63) is 4.88 Å². The average Bonchev–Trinajstić information content (AvgIpc) is 3.02. The molecule has 8 heteroatoms. The van der Waals surface area contributed by atoms with E-state index in [1.54, 1.807) is 4.90 Å². The molecule has 0 aromatic carbocycles. The normalized spacial score (nSPS) is 17.8. The molecule has 1 unspecified atom stereocenters. The van der Waals surface area contributed by atoms with Crippen LogP contribution in [0.15, 0.2) is 0 Å². The van der Waals surface area contributed by atoms with Gasteiger partial charge in [0.25, 0.3) is 5.91 Å². The summed E-state index contributed by atoms with van der Waals surface area (Å²) in [5.41, 5.74) is 5.84. The number of likely N-dealkylation sites (tertiary alicyclic amines) is 1. The molecule has 2 amide bonds. The Labute approximate surface area is 127 Å². The van der Waals surface area contributed by atoms with Crippen molar-refractivity contribution < 1.29 is 9.59 Å². The van der Waals surface area contributed by atoms with Gasteiger partial charge in [0.05, 0.1) is 0 Å². The van der Waals surface area contributed by atoms with Gasteiger partial charge < -0.3 is 21.3 Å². The number of carbonyl (C=O) groups excluding carboxylic acids is 2. The summed E-state index contributed by atoms with van der Waals surface area (Å²) in [5.74, 6) is 0.0895. The number of nitrogens with one attached hydrogen (secondary N) is 2. The Morgan fingerprint density at radius 3 is 2.95 bits per heavy atom. The third kappa shape index (κ3) is 3.84. The maximum absolute atomic E-state index is 12.5. The van der Waals surface area contributed by atoms with E-state index >= 15 is 0 Å². The predicted molar refractivity (Wildman–Crippen MR) is 83.4 cm³/mol. The summed E-state index contributed by atoms with van der Waals surface area (Å²) < 4.78 is 0. The molecule has 0 aliphatic carbocycles. The maximum atomic E-state index is 12.5. The number of carbonyl (C=O) groups is 2. The number of amides is 2. The van der Waals surface area contributed by atoms with E-state index in [4.69, 9.17) is 5.73 Å². The van der Waals surface area contributed by atoms with Crippen LogP contribution in [0.1, 0.15) is 36.4 Å². The topological polar surface area (TPSA) is 100 Å². The van der Waals surface area contributed by atoms with Gasteiger partial charge in [-0.1, -0.05) is 18.3 Å². The fourth-order valence-electron chi connectivity index (χ4n) is 2.29. The van der Waals surface area contributed by atoms with Crippen molar-refractivity contribution >= 4 is 34.1 Å². The number of hydrogen-bond donors (Lipinski definition) is 3. The molecule has 1 aromatic rings. The quantitative estimate of drug-likeness (QED) is 0.750. The highest BCUT2D eigenvalue weighted by Gasteiger charge is 2.29. The Hall–Kier alpha value is -1.83. The lowest BCUT2D eigenvalue weighted by Crippen LogP contribution is -2.37. The highest BCUT2D eigenvalue weighted by molar-refractivity contribution is 7.18. The zero-order valence-corrected chi connectivity index (χ0v) is 13.1. The smallest absolute Gasteiger partial charge is 0.267 e. The molecule has 2 heterocycles. The molecule has 0 saturated carbocycles. The highest BCUT2D eigenvalue weighted by atomic mass is 32.1. The minimum absolute atomic E-state index is 0.0262. The number of hydrogen-bond acceptors (Lipinski definition) is 6. The van der Waals surface area contributed by atoms with Crippen LogP contribution in [-0.2, 0) is 4.79 Å². The molecule has 21 heavy (non-hydrogen) atoms. The van der Waals surface area contributed by atoms with Gasteiger partial charge in [0, 0.05) is 32.6 Å². The van der Waals surface area contributed by atoms with Gasteiger partial charge >= 0.3 is 0 Å². The van der Waals surface area contributed by atoms with Gasteiger partial charge in [-0.3, -0.25) is 9.59 Å². The second kappa shape index (κ2) is 6.75. The van der Waals surface area contributed by atoms with Gasteiger partial charge in [0.1, 0.15) is 10.7 Å². The van der Waals surface area contributed by atoms with Gasteiger partial charge in [-0.15, -0.1) is 0 Å². The molecule has 0 bridgehead atoms. The lowest BCUT2D eigenvalue weighted by molar-refractivity contribution is -0.119. The van der Waals surface area contributed by atoms with E-state index < -0.39 is 0 Å². The first kappa shape index (κ1) is 15.6. The molecule has 1 fully saturated rings. The monoisotopic (exact) mass is 311 g/mol. The van der Waals surface area contributed by atoms with Gasteiger partial charge in [0.2, 0.25) is 5.91 Å².